The lowest BCUT2D eigenvalue weighted by Crippen LogP contribution is -1.85. The van der Waals surface area contributed by atoms with E-state index in [2.05, 4.69) is 16.4 Å². The molecule has 0 aromatic carbocycles. The predicted molar refractivity (Wildman–Crippen MR) is 50.3 cm³/mol. The van der Waals surface area contributed by atoms with Crippen LogP contribution >= 0.6 is 0 Å². The summed E-state index contributed by atoms with van der Waals surface area (Å²) in [6.45, 7) is 0. The van der Waals surface area contributed by atoms with E-state index < -0.39 is 0 Å². The topological polar surface area (TPSA) is 29.9 Å². The Bertz CT molecular complexity index is 403. The van der Waals surface area contributed by atoms with Gasteiger partial charge in [0.15, 0.2) is 0 Å². The summed E-state index contributed by atoms with van der Waals surface area (Å²) in [4.78, 5) is 4.27. The van der Waals surface area contributed by atoms with Gasteiger partial charge in [0.25, 0.3) is 0 Å². The molecule has 12 heavy (non-hydrogen) atoms. The summed E-state index contributed by atoms with van der Waals surface area (Å²) < 4.78 is 2.02. The second kappa shape index (κ2) is 2.52. The number of aromatic nitrogens is 2. The van der Waals surface area contributed by atoms with Crippen LogP contribution < -0.4 is 5.32 Å². The molecular weight excluding hydrogens is 150 g/mol. The molecule has 0 aliphatic rings. The van der Waals surface area contributed by atoms with Crippen LogP contribution in [-0.2, 0) is 7.05 Å². The highest BCUT2D eigenvalue weighted by molar-refractivity contribution is 5.90. The monoisotopic (exact) mass is 161 g/mol. The summed E-state index contributed by atoms with van der Waals surface area (Å²) in [6, 6.07) is 4.01. The molecule has 0 unspecified atom stereocenters. The van der Waals surface area contributed by atoms with E-state index >= 15 is 0 Å². The van der Waals surface area contributed by atoms with Gasteiger partial charge in [-0.15, -0.1) is 0 Å². The van der Waals surface area contributed by atoms with Crippen molar-refractivity contribution in [1.82, 2.24) is 9.55 Å². The van der Waals surface area contributed by atoms with Gasteiger partial charge in [0, 0.05) is 31.9 Å². The minimum Gasteiger partial charge on any atom is -0.386 e. The van der Waals surface area contributed by atoms with Crippen molar-refractivity contribution >= 4 is 16.7 Å². The highest BCUT2D eigenvalue weighted by Gasteiger charge is 2.03. The van der Waals surface area contributed by atoms with Gasteiger partial charge in [0.2, 0.25) is 0 Å². The lowest BCUT2D eigenvalue weighted by molar-refractivity contribution is 0.949. The number of nitrogens with one attached hydrogen (secondary N) is 1. The molecule has 2 aromatic rings. The van der Waals surface area contributed by atoms with Crippen LogP contribution in [0.15, 0.2) is 24.5 Å². The second-order valence-electron chi connectivity index (χ2n) is 2.78. The van der Waals surface area contributed by atoms with Gasteiger partial charge in [-0.05, 0) is 12.1 Å². The number of aryl methyl sites for hydroxylation is 1. The normalized spacial score (nSPS) is 10.5. The Labute approximate surface area is 71.0 Å². The van der Waals surface area contributed by atoms with E-state index in [9.17, 15) is 0 Å². The standard InChI is InChI=1S/C9H11N3/c1-10-8-6-12(2)9-7(8)4-3-5-11-9/h3-6,10H,1-2H3. The largest absolute Gasteiger partial charge is 0.386 e. The fraction of sp³-hybridized carbons (Fsp3) is 0.222. The zero-order chi connectivity index (χ0) is 8.55. The highest BCUT2D eigenvalue weighted by atomic mass is 15.0. The van der Waals surface area contributed by atoms with Crippen LogP contribution in [0.3, 0.4) is 0 Å². The Morgan fingerprint density at radius 2 is 2.33 bits per heavy atom. The quantitative estimate of drug-likeness (QED) is 0.688. The summed E-state index contributed by atoms with van der Waals surface area (Å²) in [6.07, 6.45) is 3.85. The predicted octanol–water partition coefficient (Wildman–Crippen LogP) is 1.61. The van der Waals surface area contributed by atoms with E-state index in [0.29, 0.717) is 0 Å². The van der Waals surface area contributed by atoms with Crippen LogP contribution in [0, 0.1) is 0 Å². The SMILES string of the molecule is CNc1cn(C)c2ncccc12. The molecule has 0 radical (unpaired) electrons. The first-order valence-corrected chi connectivity index (χ1v) is 3.90. The Morgan fingerprint density at radius 3 is 3.08 bits per heavy atom. The summed E-state index contributed by atoms with van der Waals surface area (Å²) in [7, 11) is 3.91. The molecule has 2 heterocycles. The molecule has 3 heteroatoms. The fourth-order valence-corrected chi connectivity index (χ4v) is 1.41. The third kappa shape index (κ3) is 0.863. The number of nitrogens with zero attached hydrogens (tertiary/aromatic N) is 2. The van der Waals surface area contributed by atoms with Gasteiger partial charge in [0.05, 0.1) is 5.69 Å². The van der Waals surface area contributed by atoms with Crippen molar-refractivity contribution in [2.45, 2.75) is 0 Å². The first-order valence-electron chi connectivity index (χ1n) is 3.90. The third-order valence-electron chi connectivity index (χ3n) is 2.00. The second-order valence-corrected chi connectivity index (χ2v) is 2.78. The maximum atomic E-state index is 4.27. The lowest BCUT2D eigenvalue weighted by Gasteiger charge is -1.93. The Kier molecular flexibility index (Phi) is 1.50. The maximum Gasteiger partial charge on any atom is 0.141 e. The molecule has 1 N–H and O–H groups in total. The summed E-state index contributed by atoms with van der Waals surface area (Å²) >= 11 is 0. The minimum absolute atomic E-state index is 1.02. The van der Waals surface area contributed by atoms with Crippen LogP contribution in [0.25, 0.3) is 11.0 Å². The van der Waals surface area contributed by atoms with Crippen molar-refractivity contribution in [3.8, 4) is 0 Å². The molecule has 3 nitrogen and oxygen atoms in total. The van der Waals surface area contributed by atoms with E-state index in [-0.39, 0.29) is 0 Å². The molecule has 0 aliphatic carbocycles. The molecule has 0 aliphatic heterocycles. The van der Waals surface area contributed by atoms with Crippen molar-refractivity contribution in [3.63, 3.8) is 0 Å². The van der Waals surface area contributed by atoms with Gasteiger partial charge < -0.3 is 9.88 Å². The van der Waals surface area contributed by atoms with Gasteiger partial charge >= 0.3 is 0 Å². The third-order valence-corrected chi connectivity index (χ3v) is 2.00. The van der Waals surface area contributed by atoms with Gasteiger partial charge in [-0.1, -0.05) is 0 Å². The molecule has 2 rings (SSSR count). The molecule has 0 atom stereocenters. The summed E-state index contributed by atoms with van der Waals surface area (Å²) in [5, 5.41) is 4.30. The molecule has 0 spiro atoms. The number of fused-ring (bicyclic) bond motifs is 1. The van der Waals surface area contributed by atoms with Crippen LogP contribution in [-0.4, -0.2) is 16.6 Å². The van der Waals surface area contributed by atoms with Crippen molar-refractivity contribution < 1.29 is 0 Å². The van der Waals surface area contributed by atoms with Crippen molar-refractivity contribution in [2.75, 3.05) is 12.4 Å². The average molecular weight is 161 g/mol. The number of hydrogen-bond donors (Lipinski definition) is 1. The zero-order valence-corrected chi connectivity index (χ0v) is 7.20. The molecule has 62 valence electrons. The van der Waals surface area contributed by atoms with E-state index in [1.54, 1.807) is 0 Å². The van der Waals surface area contributed by atoms with Crippen LogP contribution in [0.4, 0.5) is 5.69 Å². The molecule has 0 fully saturated rings. The van der Waals surface area contributed by atoms with Crippen LogP contribution in [0.5, 0.6) is 0 Å². The van der Waals surface area contributed by atoms with Gasteiger partial charge in [-0.2, -0.15) is 0 Å². The number of anilines is 1. The molecule has 2 aromatic heterocycles. The maximum absolute atomic E-state index is 4.27. The summed E-state index contributed by atoms with van der Waals surface area (Å²) in [5.74, 6) is 0. The average Bonchev–Trinajstić information content (AvgIpc) is 2.44. The number of pyridine rings is 1. The molecule has 0 saturated heterocycles. The minimum atomic E-state index is 1.02. The van der Waals surface area contributed by atoms with Crippen molar-refractivity contribution in [2.24, 2.45) is 7.05 Å². The number of rotatable bonds is 1. The van der Waals surface area contributed by atoms with Crippen molar-refractivity contribution in [1.29, 1.82) is 0 Å². The molecule has 0 saturated carbocycles. The van der Waals surface area contributed by atoms with Crippen LogP contribution in [0.1, 0.15) is 0 Å². The van der Waals surface area contributed by atoms with Crippen LogP contribution in [0.2, 0.25) is 0 Å². The molecule has 0 amide bonds. The van der Waals surface area contributed by atoms with E-state index in [4.69, 9.17) is 0 Å². The van der Waals surface area contributed by atoms with E-state index in [0.717, 1.165) is 11.3 Å². The van der Waals surface area contributed by atoms with E-state index in [1.807, 2.05) is 37.1 Å². The van der Waals surface area contributed by atoms with Crippen molar-refractivity contribution in [3.05, 3.63) is 24.5 Å². The number of hydrogen-bond acceptors (Lipinski definition) is 2. The Balaban J connectivity index is 2.82. The van der Waals surface area contributed by atoms with Gasteiger partial charge in [-0.25, -0.2) is 4.98 Å². The lowest BCUT2D eigenvalue weighted by atomic mass is 10.3. The zero-order valence-electron chi connectivity index (χ0n) is 7.20. The Morgan fingerprint density at radius 1 is 1.50 bits per heavy atom. The Hall–Kier alpha value is -1.51. The fourth-order valence-electron chi connectivity index (χ4n) is 1.41. The first-order chi connectivity index (χ1) is 5.83. The smallest absolute Gasteiger partial charge is 0.141 e. The summed E-state index contributed by atoms with van der Waals surface area (Å²) in [5.41, 5.74) is 2.14. The first kappa shape index (κ1) is 7.16. The molecular formula is C9H11N3. The highest BCUT2D eigenvalue weighted by Crippen LogP contribution is 2.21. The van der Waals surface area contributed by atoms with Gasteiger partial charge in [0.1, 0.15) is 5.65 Å². The molecule has 0 bridgehead atoms. The van der Waals surface area contributed by atoms with E-state index in [1.165, 1.54) is 5.39 Å². The van der Waals surface area contributed by atoms with Gasteiger partial charge in [-0.3, -0.25) is 0 Å².